The van der Waals surface area contributed by atoms with Gasteiger partial charge in [0.1, 0.15) is 5.82 Å². The number of benzene rings is 3. The van der Waals surface area contributed by atoms with Gasteiger partial charge < -0.3 is 20.1 Å². The Morgan fingerprint density at radius 3 is 2.54 bits per heavy atom. The molecule has 6 rings (SSSR count). The molecule has 3 heterocycles. The van der Waals surface area contributed by atoms with E-state index in [0.29, 0.717) is 17.3 Å². The first-order chi connectivity index (χ1) is 19.1. The smallest absolute Gasteiger partial charge is 0.226 e. The van der Waals surface area contributed by atoms with E-state index in [9.17, 15) is 9.18 Å². The minimum Gasteiger partial charge on any atom is -0.352 e. The van der Waals surface area contributed by atoms with Crippen LogP contribution in [0.25, 0.3) is 16.5 Å². The van der Waals surface area contributed by atoms with Gasteiger partial charge in [-0.05, 0) is 83.7 Å². The molecule has 1 amide bonds. The zero-order valence-corrected chi connectivity index (χ0v) is 21.8. The van der Waals surface area contributed by atoms with Crippen LogP contribution < -0.4 is 10.6 Å². The van der Waals surface area contributed by atoms with Gasteiger partial charge in [0.25, 0.3) is 0 Å². The normalized spacial score (nSPS) is 16.8. The number of hydrogen-bond donors (Lipinski definition) is 2. The highest BCUT2D eigenvalue weighted by Gasteiger charge is 2.41. The van der Waals surface area contributed by atoms with E-state index in [-0.39, 0.29) is 30.2 Å². The largest absolute Gasteiger partial charge is 0.352 e. The summed E-state index contributed by atoms with van der Waals surface area (Å²) in [7, 11) is 0. The van der Waals surface area contributed by atoms with Crippen LogP contribution in [0.5, 0.6) is 0 Å². The SMILES string of the molecule is O=C(CCN1C(=S)N[C@H](c2ccccn2)[C@H]1c1cccn1-c1ccc2ccccc2c1)Nc1ccc(F)cc1. The highest BCUT2D eigenvalue weighted by Crippen LogP contribution is 2.39. The predicted molar refractivity (Wildman–Crippen MR) is 155 cm³/mol. The average Bonchev–Trinajstić information content (AvgIpc) is 3.57. The number of aromatic nitrogens is 2. The fourth-order valence-corrected chi connectivity index (χ4v) is 5.48. The van der Waals surface area contributed by atoms with E-state index >= 15 is 0 Å². The van der Waals surface area contributed by atoms with Crippen molar-refractivity contribution in [3.8, 4) is 5.69 Å². The number of nitrogens with zero attached hydrogens (tertiary/aromatic N) is 3. The molecule has 2 aromatic heterocycles. The second-order valence-electron chi connectivity index (χ2n) is 9.46. The molecule has 39 heavy (non-hydrogen) atoms. The molecule has 6 nitrogen and oxygen atoms in total. The summed E-state index contributed by atoms with van der Waals surface area (Å²) < 4.78 is 15.4. The maximum Gasteiger partial charge on any atom is 0.226 e. The number of anilines is 1. The first-order valence-corrected chi connectivity index (χ1v) is 13.2. The summed E-state index contributed by atoms with van der Waals surface area (Å²) in [4.78, 5) is 19.5. The second-order valence-corrected chi connectivity index (χ2v) is 9.85. The Hall–Kier alpha value is -4.56. The van der Waals surface area contributed by atoms with Crippen molar-refractivity contribution in [2.45, 2.75) is 18.5 Å². The van der Waals surface area contributed by atoms with E-state index in [4.69, 9.17) is 12.2 Å². The number of hydrogen-bond acceptors (Lipinski definition) is 3. The molecule has 1 aliphatic rings. The topological polar surface area (TPSA) is 62.2 Å². The summed E-state index contributed by atoms with van der Waals surface area (Å²) in [6, 6.07) is 30.0. The van der Waals surface area contributed by atoms with E-state index in [2.05, 4.69) is 67.7 Å². The number of thiocarbonyl (C=S) groups is 1. The van der Waals surface area contributed by atoms with Crippen LogP contribution in [0.15, 0.2) is 109 Å². The van der Waals surface area contributed by atoms with Crippen molar-refractivity contribution in [1.82, 2.24) is 19.8 Å². The summed E-state index contributed by atoms with van der Waals surface area (Å²) in [5.74, 6) is -0.520. The van der Waals surface area contributed by atoms with Gasteiger partial charge in [0.15, 0.2) is 5.11 Å². The summed E-state index contributed by atoms with van der Waals surface area (Å²) in [6.45, 7) is 0.399. The fraction of sp³-hybridized carbons (Fsp3) is 0.129. The third kappa shape index (κ3) is 5.11. The predicted octanol–water partition coefficient (Wildman–Crippen LogP) is 6.17. The van der Waals surface area contributed by atoms with Crippen molar-refractivity contribution in [1.29, 1.82) is 0 Å². The highest BCUT2D eigenvalue weighted by atomic mass is 32.1. The fourth-order valence-electron chi connectivity index (χ4n) is 5.14. The van der Waals surface area contributed by atoms with Crippen molar-refractivity contribution in [3.63, 3.8) is 0 Å². The van der Waals surface area contributed by atoms with Gasteiger partial charge in [-0.25, -0.2) is 4.39 Å². The minimum atomic E-state index is -0.348. The van der Waals surface area contributed by atoms with Crippen LogP contribution >= 0.6 is 12.2 Å². The summed E-state index contributed by atoms with van der Waals surface area (Å²) >= 11 is 5.79. The van der Waals surface area contributed by atoms with Crippen molar-refractivity contribution in [2.75, 3.05) is 11.9 Å². The molecule has 1 aliphatic heterocycles. The first-order valence-electron chi connectivity index (χ1n) is 12.8. The number of nitrogens with one attached hydrogen (secondary N) is 2. The number of rotatable bonds is 7. The van der Waals surface area contributed by atoms with Gasteiger partial charge in [-0.15, -0.1) is 0 Å². The molecule has 3 aromatic carbocycles. The lowest BCUT2D eigenvalue weighted by atomic mass is 10.0. The van der Waals surface area contributed by atoms with Crippen LogP contribution in [0.3, 0.4) is 0 Å². The molecule has 0 spiro atoms. The maximum atomic E-state index is 13.3. The number of carbonyl (C=O) groups is 1. The number of fused-ring (bicyclic) bond motifs is 1. The Kier molecular flexibility index (Phi) is 6.77. The summed E-state index contributed by atoms with van der Waals surface area (Å²) in [5.41, 5.74) is 3.50. The van der Waals surface area contributed by atoms with E-state index in [1.165, 1.54) is 17.5 Å². The molecule has 5 aromatic rings. The first kappa shape index (κ1) is 24.8. The van der Waals surface area contributed by atoms with Crippen molar-refractivity contribution in [3.05, 3.63) is 127 Å². The van der Waals surface area contributed by atoms with Gasteiger partial charge in [0.2, 0.25) is 5.91 Å². The van der Waals surface area contributed by atoms with Crippen molar-refractivity contribution < 1.29 is 9.18 Å². The molecule has 8 heteroatoms. The van der Waals surface area contributed by atoms with Crippen LogP contribution in [0.2, 0.25) is 0 Å². The molecule has 0 radical (unpaired) electrons. The van der Waals surface area contributed by atoms with Gasteiger partial charge in [0.05, 0.1) is 17.8 Å². The quantitative estimate of drug-likeness (QED) is 0.244. The molecule has 0 aliphatic carbocycles. The van der Waals surface area contributed by atoms with E-state index in [1.54, 1.807) is 18.3 Å². The molecule has 2 atom stereocenters. The number of amides is 1. The second kappa shape index (κ2) is 10.7. The lowest BCUT2D eigenvalue weighted by Gasteiger charge is -2.29. The van der Waals surface area contributed by atoms with E-state index in [0.717, 1.165) is 22.5 Å². The number of halogens is 1. The highest BCUT2D eigenvalue weighted by molar-refractivity contribution is 7.80. The third-order valence-electron chi connectivity index (χ3n) is 7.00. The standard InChI is InChI=1S/C31H26FN5OS/c32-23-11-13-24(14-12-23)34-28(38)16-19-37-30(29(35-31(37)39)26-8-3-4-17-33-26)27-9-5-18-36(27)25-15-10-21-6-1-2-7-22(21)20-25/h1-15,17-18,20,29-30H,16,19H2,(H,34,38)(H,35,39)/t29-,30-/m1/s1. The van der Waals surface area contributed by atoms with Crippen molar-refractivity contribution in [2.24, 2.45) is 0 Å². The Balaban J connectivity index is 1.32. The Bertz CT molecular complexity index is 1640. The zero-order valence-electron chi connectivity index (χ0n) is 21.0. The van der Waals surface area contributed by atoms with Gasteiger partial charge in [-0.2, -0.15) is 0 Å². The summed E-state index contributed by atoms with van der Waals surface area (Å²) in [5, 5.41) is 9.20. The summed E-state index contributed by atoms with van der Waals surface area (Å²) in [6.07, 6.45) is 4.04. The van der Waals surface area contributed by atoms with Gasteiger partial charge in [0, 0.05) is 42.4 Å². The van der Waals surface area contributed by atoms with Crippen LogP contribution in [-0.4, -0.2) is 32.0 Å². The minimum absolute atomic E-state index is 0.172. The van der Waals surface area contributed by atoms with Crippen molar-refractivity contribution >= 4 is 39.7 Å². The lowest BCUT2D eigenvalue weighted by molar-refractivity contribution is -0.116. The molecule has 2 N–H and O–H groups in total. The van der Waals surface area contributed by atoms with Gasteiger partial charge in [-0.3, -0.25) is 9.78 Å². The van der Waals surface area contributed by atoms with E-state index in [1.807, 2.05) is 36.4 Å². The Morgan fingerprint density at radius 2 is 1.74 bits per heavy atom. The molecule has 1 saturated heterocycles. The molecule has 0 unspecified atom stereocenters. The molecule has 0 saturated carbocycles. The lowest BCUT2D eigenvalue weighted by Crippen LogP contribution is -2.33. The molecule has 1 fully saturated rings. The van der Waals surface area contributed by atoms with Crippen LogP contribution in [-0.2, 0) is 4.79 Å². The molecular weight excluding hydrogens is 509 g/mol. The molecular formula is C31H26FN5OS. The number of carbonyl (C=O) groups excluding carboxylic acids is 1. The average molecular weight is 536 g/mol. The molecule has 0 bridgehead atoms. The molecule has 194 valence electrons. The van der Waals surface area contributed by atoms with Crippen LogP contribution in [0, 0.1) is 5.82 Å². The van der Waals surface area contributed by atoms with Gasteiger partial charge in [-0.1, -0.05) is 36.4 Å². The monoisotopic (exact) mass is 535 g/mol. The van der Waals surface area contributed by atoms with Crippen LogP contribution in [0.4, 0.5) is 10.1 Å². The maximum absolute atomic E-state index is 13.3. The van der Waals surface area contributed by atoms with E-state index < -0.39 is 0 Å². The Morgan fingerprint density at radius 1 is 0.949 bits per heavy atom. The van der Waals surface area contributed by atoms with Gasteiger partial charge >= 0.3 is 0 Å². The van der Waals surface area contributed by atoms with Crippen LogP contribution in [0.1, 0.15) is 29.9 Å². The third-order valence-corrected chi connectivity index (χ3v) is 7.35. The number of pyridine rings is 1. The zero-order chi connectivity index (χ0) is 26.8. The Labute approximate surface area is 231 Å².